The molecule has 2 aromatic carbocycles. The largest absolute Gasteiger partial charge is 0.329 e. The van der Waals surface area contributed by atoms with E-state index in [4.69, 9.17) is 34.8 Å². The highest BCUT2D eigenvalue weighted by Gasteiger charge is 2.11. The van der Waals surface area contributed by atoms with E-state index in [2.05, 4.69) is 22.4 Å². The summed E-state index contributed by atoms with van der Waals surface area (Å²) in [6.45, 7) is 2.04. The maximum absolute atomic E-state index is 6.15. The van der Waals surface area contributed by atoms with Gasteiger partial charge in [-0.2, -0.15) is 0 Å². The van der Waals surface area contributed by atoms with Crippen molar-refractivity contribution in [3.63, 3.8) is 0 Å². The molecule has 0 atom stereocenters. The number of anilines is 2. The summed E-state index contributed by atoms with van der Waals surface area (Å²) < 4.78 is 1.11. The minimum absolute atomic E-state index is 0.470. The number of aryl methyl sites for hydroxylation is 1. The van der Waals surface area contributed by atoms with Crippen LogP contribution in [-0.2, 0) is 0 Å². The monoisotopic (exact) mass is 342 g/mol. The highest BCUT2D eigenvalue weighted by molar-refractivity contribution is 7.22. The normalized spacial score (nSPS) is 11.0. The molecule has 0 fully saturated rings. The molecule has 1 aromatic heterocycles. The van der Waals surface area contributed by atoms with Crippen molar-refractivity contribution < 1.29 is 0 Å². The Labute approximate surface area is 135 Å². The Bertz CT molecular complexity index is 775. The fourth-order valence-electron chi connectivity index (χ4n) is 1.86. The van der Waals surface area contributed by atoms with E-state index in [1.807, 2.05) is 13.0 Å². The van der Waals surface area contributed by atoms with E-state index in [0.29, 0.717) is 20.8 Å². The summed E-state index contributed by atoms with van der Waals surface area (Å²) in [4.78, 5) is 4.53. The van der Waals surface area contributed by atoms with Crippen molar-refractivity contribution in [3.8, 4) is 0 Å². The number of nitrogens with zero attached hydrogens (tertiary/aromatic N) is 1. The number of hydrogen-bond acceptors (Lipinski definition) is 3. The van der Waals surface area contributed by atoms with Gasteiger partial charge in [-0.05, 0) is 36.8 Å². The van der Waals surface area contributed by atoms with Crippen LogP contribution >= 0.6 is 46.1 Å². The summed E-state index contributed by atoms with van der Waals surface area (Å²) >= 11 is 19.8. The van der Waals surface area contributed by atoms with Crippen molar-refractivity contribution in [1.29, 1.82) is 0 Å². The quantitative estimate of drug-likeness (QED) is 0.590. The fraction of sp³-hybridized carbons (Fsp3) is 0.0714. The summed E-state index contributed by atoms with van der Waals surface area (Å²) in [5, 5.41) is 5.35. The van der Waals surface area contributed by atoms with Crippen LogP contribution in [0, 0.1) is 6.92 Å². The molecule has 0 aliphatic rings. The molecule has 0 radical (unpaired) electrons. The van der Waals surface area contributed by atoms with Crippen molar-refractivity contribution in [3.05, 3.63) is 51.0 Å². The van der Waals surface area contributed by atoms with E-state index in [-0.39, 0.29) is 0 Å². The Hall–Kier alpha value is -1.00. The summed E-state index contributed by atoms with van der Waals surface area (Å²) in [5.41, 5.74) is 2.75. The maximum Gasteiger partial charge on any atom is 0.188 e. The maximum atomic E-state index is 6.15. The fourth-order valence-corrected chi connectivity index (χ4v) is 3.62. The van der Waals surface area contributed by atoms with E-state index in [1.54, 1.807) is 23.5 Å². The predicted octanol–water partition coefficient (Wildman–Crippen LogP) is 6.31. The molecule has 6 heteroatoms. The van der Waals surface area contributed by atoms with Crippen molar-refractivity contribution in [2.24, 2.45) is 0 Å². The number of rotatable bonds is 2. The molecule has 2 nitrogen and oxygen atoms in total. The van der Waals surface area contributed by atoms with Gasteiger partial charge < -0.3 is 5.32 Å². The van der Waals surface area contributed by atoms with Crippen molar-refractivity contribution in [2.45, 2.75) is 6.92 Å². The van der Waals surface area contributed by atoms with Gasteiger partial charge in [0.1, 0.15) is 0 Å². The summed E-state index contributed by atoms with van der Waals surface area (Å²) in [6, 6.07) is 9.46. The molecule has 0 aliphatic carbocycles. The molecular formula is C14H9Cl3N2S. The number of benzene rings is 2. The number of thiazole rings is 1. The van der Waals surface area contributed by atoms with Gasteiger partial charge in [-0.3, -0.25) is 0 Å². The molecule has 0 amide bonds. The first kappa shape index (κ1) is 14.0. The first-order chi connectivity index (χ1) is 9.52. The molecule has 3 rings (SSSR count). The molecule has 0 unspecified atom stereocenters. The second kappa shape index (κ2) is 5.41. The van der Waals surface area contributed by atoms with Gasteiger partial charge in [0.05, 0.1) is 25.9 Å². The van der Waals surface area contributed by atoms with Crippen molar-refractivity contribution in [2.75, 3.05) is 5.32 Å². The van der Waals surface area contributed by atoms with Gasteiger partial charge in [-0.1, -0.05) is 52.2 Å². The molecular weight excluding hydrogens is 335 g/mol. The van der Waals surface area contributed by atoms with Crippen LogP contribution in [0.4, 0.5) is 10.8 Å². The van der Waals surface area contributed by atoms with Crippen molar-refractivity contribution >= 4 is 67.2 Å². The average Bonchev–Trinajstić information content (AvgIpc) is 2.75. The Morgan fingerprint density at radius 2 is 1.75 bits per heavy atom. The molecule has 102 valence electrons. The SMILES string of the molecule is Cc1ccc2sc(Nc3c(Cl)cc(Cl)cc3Cl)nc2c1. The minimum Gasteiger partial charge on any atom is -0.329 e. The zero-order chi connectivity index (χ0) is 14.3. The highest BCUT2D eigenvalue weighted by Crippen LogP contribution is 2.37. The third-order valence-corrected chi connectivity index (χ3v) is 4.55. The first-order valence-corrected chi connectivity index (χ1v) is 7.77. The van der Waals surface area contributed by atoms with Gasteiger partial charge in [0, 0.05) is 5.02 Å². The Kier molecular flexibility index (Phi) is 3.78. The lowest BCUT2D eigenvalue weighted by atomic mass is 10.2. The van der Waals surface area contributed by atoms with Crippen LogP contribution < -0.4 is 5.32 Å². The summed E-state index contributed by atoms with van der Waals surface area (Å²) in [5.74, 6) is 0. The lowest BCUT2D eigenvalue weighted by Gasteiger charge is -2.07. The number of hydrogen-bond donors (Lipinski definition) is 1. The second-order valence-corrected chi connectivity index (χ2v) is 6.64. The third kappa shape index (κ3) is 2.72. The van der Waals surface area contributed by atoms with E-state index < -0.39 is 0 Å². The topological polar surface area (TPSA) is 24.9 Å². The van der Waals surface area contributed by atoms with Crippen LogP contribution in [0.5, 0.6) is 0 Å². The number of aromatic nitrogens is 1. The zero-order valence-electron chi connectivity index (χ0n) is 10.4. The van der Waals surface area contributed by atoms with Gasteiger partial charge >= 0.3 is 0 Å². The van der Waals surface area contributed by atoms with Crippen LogP contribution in [-0.4, -0.2) is 4.98 Å². The van der Waals surface area contributed by atoms with E-state index in [1.165, 1.54) is 5.56 Å². The average molecular weight is 344 g/mol. The standard InChI is InChI=1S/C14H9Cl3N2S/c1-7-2-3-12-11(4-7)18-14(20-12)19-13-9(16)5-8(15)6-10(13)17/h2-6H,1H3,(H,18,19). The van der Waals surface area contributed by atoms with E-state index in [0.717, 1.165) is 15.3 Å². The molecule has 1 heterocycles. The van der Waals surface area contributed by atoms with Gasteiger partial charge in [-0.25, -0.2) is 4.98 Å². The smallest absolute Gasteiger partial charge is 0.188 e. The molecule has 0 saturated carbocycles. The van der Waals surface area contributed by atoms with Gasteiger partial charge in [0.25, 0.3) is 0 Å². The van der Waals surface area contributed by atoms with Gasteiger partial charge in [0.2, 0.25) is 0 Å². The Balaban J connectivity index is 2.01. The van der Waals surface area contributed by atoms with Crippen LogP contribution in [0.2, 0.25) is 15.1 Å². The van der Waals surface area contributed by atoms with Crippen LogP contribution in [0.3, 0.4) is 0 Å². The predicted molar refractivity (Wildman–Crippen MR) is 89.1 cm³/mol. The van der Waals surface area contributed by atoms with E-state index in [9.17, 15) is 0 Å². The number of nitrogens with one attached hydrogen (secondary N) is 1. The van der Waals surface area contributed by atoms with Crippen LogP contribution in [0.1, 0.15) is 5.56 Å². The zero-order valence-corrected chi connectivity index (χ0v) is 13.5. The molecule has 0 bridgehead atoms. The van der Waals surface area contributed by atoms with Gasteiger partial charge in [-0.15, -0.1) is 0 Å². The molecule has 0 spiro atoms. The minimum atomic E-state index is 0.470. The third-order valence-electron chi connectivity index (χ3n) is 2.78. The second-order valence-electron chi connectivity index (χ2n) is 4.36. The molecule has 3 aromatic rings. The van der Waals surface area contributed by atoms with Crippen molar-refractivity contribution in [1.82, 2.24) is 4.98 Å². The molecule has 20 heavy (non-hydrogen) atoms. The Morgan fingerprint density at radius 3 is 2.45 bits per heavy atom. The lowest BCUT2D eigenvalue weighted by Crippen LogP contribution is -1.91. The molecule has 0 aliphatic heterocycles. The molecule has 0 saturated heterocycles. The number of halogens is 3. The van der Waals surface area contributed by atoms with Gasteiger partial charge in [0.15, 0.2) is 5.13 Å². The highest BCUT2D eigenvalue weighted by atomic mass is 35.5. The first-order valence-electron chi connectivity index (χ1n) is 5.82. The summed E-state index contributed by atoms with van der Waals surface area (Å²) in [6.07, 6.45) is 0. The molecule has 1 N–H and O–H groups in total. The van der Waals surface area contributed by atoms with Crippen LogP contribution in [0.25, 0.3) is 10.2 Å². The van der Waals surface area contributed by atoms with Crippen LogP contribution in [0.15, 0.2) is 30.3 Å². The number of fused-ring (bicyclic) bond motifs is 1. The van der Waals surface area contributed by atoms with E-state index >= 15 is 0 Å². The summed E-state index contributed by atoms with van der Waals surface area (Å²) in [7, 11) is 0. The Morgan fingerprint density at radius 1 is 1.05 bits per heavy atom. The lowest BCUT2D eigenvalue weighted by molar-refractivity contribution is 1.42.